The monoisotopic (exact) mass is 556 g/mol. The van der Waals surface area contributed by atoms with Crippen molar-refractivity contribution in [2.45, 2.75) is 109 Å². The molecule has 0 spiro atoms. The highest BCUT2D eigenvalue weighted by Gasteiger charge is 2.51. The summed E-state index contributed by atoms with van der Waals surface area (Å²) < 4.78 is 7.75. The first-order valence-corrected chi connectivity index (χ1v) is 16.3. The number of thiophene rings is 1. The molecule has 4 saturated carbocycles. The summed E-state index contributed by atoms with van der Waals surface area (Å²) in [5.74, 6) is 3.62. The minimum atomic E-state index is -0.331. The number of hydrogen-bond donors (Lipinski definition) is 1. The molecule has 0 radical (unpaired) electrons. The fourth-order valence-corrected chi connectivity index (χ4v) is 10.3. The number of carbonyl (C=O) groups excluding carboxylic acids is 2. The van der Waals surface area contributed by atoms with E-state index in [1.165, 1.54) is 66.5 Å². The number of aromatic nitrogens is 3. The molecule has 4 fully saturated rings. The molecule has 4 bridgehead atoms. The van der Waals surface area contributed by atoms with Crippen LogP contribution in [-0.2, 0) is 35.3 Å². The molecule has 7 nitrogen and oxygen atoms in total. The van der Waals surface area contributed by atoms with Crippen LogP contribution in [0.5, 0.6) is 0 Å². The predicted octanol–water partition coefficient (Wildman–Crippen LogP) is 6.29. The summed E-state index contributed by atoms with van der Waals surface area (Å²) in [7, 11) is 0. The number of aryl methyl sites for hydroxylation is 1. The number of carbonyl (C=O) groups is 2. The van der Waals surface area contributed by atoms with E-state index in [0.29, 0.717) is 16.0 Å². The maximum absolute atomic E-state index is 13.1. The van der Waals surface area contributed by atoms with Gasteiger partial charge in [-0.05, 0) is 114 Å². The molecular formula is C29H40N4O3S2. The molecule has 0 unspecified atom stereocenters. The molecule has 5 aliphatic carbocycles. The van der Waals surface area contributed by atoms with Crippen LogP contribution in [-0.4, -0.2) is 38.5 Å². The second kappa shape index (κ2) is 10.6. The van der Waals surface area contributed by atoms with Crippen molar-refractivity contribution < 1.29 is 14.3 Å². The number of ether oxygens (including phenoxy) is 1. The molecule has 1 N–H and O–H groups in total. The van der Waals surface area contributed by atoms with Crippen molar-refractivity contribution in [1.29, 1.82) is 0 Å². The Morgan fingerprint density at radius 2 is 1.79 bits per heavy atom. The van der Waals surface area contributed by atoms with Crippen LogP contribution >= 0.6 is 23.1 Å². The van der Waals surface area contributed by atoms with Gasteiger partial charge < -0.3 is 14.6 Å². The van der Waals surface area contributed by atoms with Crippen LogP contribution in [0.2, 0.25) is 0 Å². The number of esters is 1. The van der Waals surface area contributed by atoms with Crippen molar-refractivity contribution in [2.75, 3.05) is 11.1 Å². The summed E-state index contributed by atoms with van der Waals surface area (Å²) in [5.41, 5.74) is 2.04. The normalized spacial score (nSPS) is 27.5. The molecule has 38 heavy (non-hydrogen) atoms. The Morgan fingerprint density at radius 1 is 1.11 bits per heavy atom. The van der Waals surface area contributed by atoms with Gasteiger partial charge in [-0.15, -0.1) is 21.5 Å². The number of thioether (sulfide) groups is 1. The first-order chi connectivity index (χ1) is 18.3. The van der Waals surface area contributed by atoms with Gasteiger partial charge in [0.2, 0.25) is 5.91 Å². The van der Waals surface area contributed by atoms with Gasteiger partial charge in [0, 0.05) is 17.8 Å². The van der Waals surface area contributed by atoms with Crippen LogP contribution in [0, 0.1) is 23.2 Å². The van der Waals surface area contributed by atoms with Gasteiger partial charge in [0.05, 0.1) is 17.4 Å². The van der Waals surface area contributed by atoms with Crippen molar-refractivity contribution in [3.05, 3.63) is 21.8 Å². The summed E-state index contributed by atoms with van der Waals surface area (Å²) in [5, 5.41) is 13.6. The van der Waals surface area contributed by atoms with Gasteiger partial charge in [0.15, 0.2) is 5.16 Å². The molecule has 206 valence electrons. The Bertz CT molecular complexity index is 1180. The predicted molar refractivity (Wildman–Crippen MR) is 151 cm³/mol. The zero-order valence-corrected chi connectivity index (χ0v) is 24.5. The van der Waals surface area contributed by atoms with Gasteiger partial charge in [-0.1, -0.05) is 11.8 Å². The van der Waals surface area contributed by atoms with Gasteiger partial charge in [-0.2, -0.15) is 0 Å². The molecule has 1 amide bonds. The molecule has 0 aromatic carbocycles. The Labute approximate surface area is 233 Å². The summed E-state index contributed by atoms with van der Waals surface area (Å²) in [6.07, 6.45) is 13.2. The second-order valence-corrected chi connectivity index (χ2v) is 14.5. The lowest BCUT2D eigenvalue weighted by molar-refractivity contribution is -0.113. The number of fused-ring (bicyclic) bond motifs is 1. The number of hydrogen-bond acceptors (Lipinski definition) is 7. The molecule has 2 heterocycles. The van der Waals surface area contributed by atoms with Crippen LogP contribution in [0.25, 0.3) is 0 Å². The van der Waals surface area contributed by atoms with E-state index in [4.69, 9.17) is 4.74 Å². The average molecular weight is 557 g/mol. The maximum atomic E-state index is 13.1. The zero-order valence-electron chi connectivity index (χ0n) is 22.9. The number of nitrogens with zero attached hydrogens (tertiary/aromatic N) is 3. The van der Waals surface area contributed by atoms with Gasteiger partial charge >= 0.3 is 5.97 Å². The summed E-state index contributed by atoms with van der Waals surface area (Å²) in [6.45, 7) is 6.65. The van der Waals surface area contributed by atoms with Gasteiger partial charge in [0.1, 0.15) is 10.8 Å². The van der Waals surface area contributed by atoms with E-state index in [9.17, 15) is 9.59 Å². The van der Waals surface area contributed by atoms with Crippen molar-refractivity contribution >= 4 is 40.0 Å². The number of nitrogens with one attached hydrogen (secondary N) is 1. The van der Waals surface area contributed by atoms with Crippen molar-refractivity contribution in [3.63, 3.8) is 0 Å². The van der Waals surface area contributed by atoms with Crippen molar-refractivity contribution in [3.8, 4) is 0 Å². The molecular weight excluding hydrogens is 516 g/mol. The molecule has 5 aliphatic rings. The quantitative estimate of drug-likeness (QED) is 0.288. The fraction of sp³-hybridized carbons (Fsp3) is 0.724. The minimum Gasteiger partial charge on any atom is -0.459 e. The molecule has 0 saturated heterocycles. The molecule has 7 rings (SSSR count). The third-order valence-corrected chi connectivity index (χ3v) is 11.3. The number of amides is 1. The lowest BCUT2D eigenvalue weighted by Crippen LogP contribution is -2.47. The van der Waals surface area contributed by atoms with E-state index >= 15 is 0 Å². The Balaban J connectivity index is 1.13. The van der Waals surface area contributed by atoms with Crippen LogP contribution in [0.1, 0.15) is 98.8 Å². The summed E-state index contributed by atoms with van der Waals surface area (Å²) in [6, 6.07) is 0. The van der Waals surface area contributed by atoms with E-state index in [1.54, 1.807) is 0 Å². The Morgan fingerprint density at radius 3 is 2.45 bits per heavy atom. The second-order valence-electron chi connectivity index (χ2n) is 12.4. The molecule has 9 heteroatoms. The Hall–Kier alpha value is -1.87. The summed E-state index contributed by atoms with van der Waals surface area (Å²) in [4.78, 5) is 27.2. The van der Waals surface area contributed by atoms with Crippen molar-refractivity contribution in [2.24, 2.45) is 23.2 Å². The topological polar surface area (TPSA) is 86.1 Å². The lowest BCUT2D eigenvalue weighted by Gasteiger charge is -2.56. The standard InChI is InChI=1S/C29H40N4O3S2/c1-4-33-23(15-29-12-18-9-19(13-29)11-20(10-18)14-29)31-32-28(33)37-16-24(34)30-26-25(27(35)36-17(2)3)21-7-5-6-8-22(21)38-26/h17-20H,4-16H2,1-3H3,(H,30,34). The van der Waals surface area contributed by atoms with Crippen LogP contribution in [0.4, 0.5) is 5.00 Å². The highest BCUT2D eigenvalue weighted by molar-refractivity contribution is 7.99. The van der Waals surface area contributed by atoms with Crippen LogP contribution < -0.4 is 5.32 Å². The highest BCUT2D eigenvalue weighted by atomic mass is 32.2. The van der Waals surface area contributed by atoms with Crippen molar-refractivity contribution in [1.82, 2.24) is 14.8 Å². The molecule has 0 aliphatic heterocycles. The van der Waals surface area contributed by atoms with Gasteiger partial charge in [0.25, 0.3) is 0 Å². The SMILES string of the molecule is CCn1c(CC23CC4CC(CC(C4)C2)C3)nnc1SCC(=O)Nc1sc2c(c1C(=O)OC(C)C)CCCC2. The van der Waals surface area contributed by atoms with E-state index in [-0.39, 0.29) is 23.7 Å². The first kappa shape index (κ1) is 26.4. The number of anilines is 1. The van der Waals surface area contributed by atoms with Gasteiger partial charge in [-0.25, -0.2) is 4.79 Å². The minimum absolute atomic E-state index is 0.125. The van der Waals surface area contributed by atoms with E-state index in [2.05, 4.69) is 27.0 Å². The molecule has 2 aromatic rings. The summed E-state index contributed by atoms with van der Waals surface area (Å²) >= 11 is 2.97. The third-order valence-electron chi connectivity index (χ3n) is 9.11. The fourth-order valence-electron chi connectivity index (χ4n) is 8.15. The third kappa shape index (κ3) is 5.17. The first-order valence-electron chi connectivity index (χ1n) is 14.5. The Kier molecular flexibility index (Phi) is 7.35. The van der Waals surface area contributed by atoms with Crippen LogP contribution in [0.3, 0.4) is 0 Å². The smallest absolute Gasteiger partial charge is 0.341 e. The van der Waals surface area contributed by atoms with E-state index in [0.717, 1.165) is 72.9 Å². The largest absolute Gasteiger partial charge is 0.459 e. The van der Waals surface area contributed by atoms with Gasteiger partial charge in [-0.3, -0.25) is 4.79 Å². The zero-order chi connectivity index (χ0) is 26.4. The lowest BCUT2D eigenvalue weighted by atomic mass is 9.49. The highest BCUT2D eigenvalue weighted by Crippen LogP contribution is 2.61. The number of rotatable bonds is 9. The van der Waals surface area contributed by atoms with E-state index < -0.39 is 0 Å². The van der Waals surface area contributed by atoms with E-state index in [1.807, 2.05) is 13.8 Å². The maximum Gasteiger partial charge on any atom is 0.341 e. The molecule has 2 aromatic heterocycles. The molecule has 0 atom stereocenters. The van der Waals surface area contributed by atoms with Crippen LogP contribution in [0.15, 0.2) is 5.16 Å². The average Bonchev–Trinajstić information content (AvgIpc) is 3.41.